The third kappa shape index (κ3) is 23.2. The van der Waals surface area contributed by atoms with Crippen molar-refractivity contribution in [3.63, 3.8) is 0 Å². The van der Waals surface area contributed by atoms with Crippen LogP contribution in [0.5, 0.6) is 0 Å². The lowest BCUT2D eigenvalue weighted by molar-refractivity contribution is -0.137. The first-order chi connectivity index (χ1) is 14.5. The van der Waals surface area contributed by atoms with E-state index in [1.54, 1.807) is 6.92 Å². The Morgan fingerprint density at radius 2 is 1.19 bits per heavy atom. The van der Waals surface area contributed by atoms with Crippen LogP contribution in [0.2, 0.25) is 0 Å². The lowest BCUT2D eigenvalue weighted by Crippen LogP contribution is -2.37. The van der Waals surface area contributed by atoms with Crippen LogP contribution in [-0.4, -0.2) is 78.9 Å². The molecule has 0 aromatic carbocycles. The molecule has 0 saturated heterocycles. The normalized spacial score (nSPS) is 10.9. The summed E-state index contributed by atoms with van der Waals surface area (Å²) in [5.74, 6) is -1.54. The van der Waals surface area contributed by atoms with Crippen molar-refractivity contribution in [2.45, 2.75) is 72.1 Å². The summed E-state index contributed by atoms with van der Waals surface area (Å²) in [4.78, 5) is 20.1. The van der Waals surface area contributed by atoms with Gasteiger partial charge in [-0.1, -0.05) is 52.9 Å². The van der Waals surface area contributed by atoms with Crippen molar-refractivity contribution in [2.24, 2.45) is 5.41 Å². The number of aliphatic hydroxyl groups excluding tert-OH is 4. The lowest BCUT2D eigenvalue weighted by Gasteiger charge is -2.23. The number of unbranched alkanes of at least 4 members (excludes halogenated alkanes) is 5. The zero-order valence-corrected chi connectivity index (χ0v) is 19.6. The van der Waals surface area contributed by atoms with Gasteiger partial charge in [-0.05, 0) is 6.42 Å². The van der Waals surface area contributed by atoms with Crippen LogP contribution in [-0.2, 0) is 28.4 Å². The fourth-order valence-electron chi connectivity index (χ4n) is 1.54. The van der Waals surface area contributed by atoms with E-state index in [0.717, 1.165) is 19.3 Å². The molecule has 12 heteroatoms. The SMILES string of the molecule is CCC(=O)O.CCCCCCCCOS(=O)(=O)OC(=O)CC.OCC(CO)(CO)CO. The van der Waals surface area contributed by atoms with Gasteiger partial charge in [0, 0.05) is 12.8 Å². The number of aliphatic carboxylic acids is 1. The molecule has 0 amide bonds. The molecule has 0 fully saturated rings. The van der Waals surface area contributed by atoms with Gasteiger partial charge < -0.3 is 29.7 Å². The Labute approximate surface area is 185 Å². The average molecular weight is 477 g/mol. The highest BCUT2D eigenvalue weighted by Gasteiger charge is 2.26. The molecule has 0 bridgehead atoms. The maximum absolute atomic E-state index is 11.1. The van der Waals surface area contributed by atoms with Gasteiger partial charge in [-0.2, -0.15) is 8.42 Å². The summed E-state index contributed by atoms with van der Waals surface area (Å²) in [5.41, 5.74) is -1.11. The highest BCUT2D eigenvalue weighted by atomic mass is 32.3. The van der Waals surface area contributed by atoms with Gasteiger partial charge in [-0.25, -0.2) is 4.18 Å². The van der Waals surface area contributed by atoms with E-state index in [9.17, 15) is 18.0 Å². The number of carboxylic acid groups (broad SMARTS) is 1. The molecule has 0 aliphatic heterocycles. The predicted molar refractivity (Wildman–Crippen MR) is 113 cm³/mol. The summed E-state index contributed by atoms with van der Waals surface area (Å²) < 4.78 is 30.8. The Bertz CT molecular complexity index is 513. The zero-order chi connectivity index (χ0) is 24.8. The Hall–Kier alpha value is -1.31. The molecule has 0 aromatic heterocycles. The highest BCUT2D eigenvalue weighted by Crippen LogP contribution is 2.12. The molecule has 0 rings (SSSR count). The molecule has 0 aliphatic rings. The summed E-state index contributed by atoms with van der Waals surface area (Å²) in [7, 11) is -4.14. The van der Waals surface area contributed by atoms with Gasteiger partial charge in [0.1, 0.15) is 0 Å². The van der Waals surface area contributed by atoms with E-state index in [4.69, 9.17) is 25.5 Å². The minimum atomic E-state index is -4.14. The molecule has 0 aromatic rings. The number of carbonyl (C=O) groups excluding carboxylic acids is 1. The number of carbonyl (C=O) groups is 2. The summed E-state index contributed by atoms with van der Waals surface area (Å²) in [6.07, 6.45) is 6.44. The second kappa shape index (κ2) is 21.9. The first kappa shape index (κ1) is 34.3. The third-order valence-electron chi connectivity index (χ3n) is 3.85. The molecule has 188 valence electrons. The van der Waals surface area contributed by atoms with Crippen molar-refractivity contribution in [3.05, 3.63) is 0 Å². The zero-order valence-electron chi connectivity index (χ0n) is 18.8. The predicted octanol–water partition coefficient (Wildman–Crippen LogP) is 0.985. The van der Waals surface area contributed by atoms with Crippen LogP contribution in [0.3, 0.4) is 0 Å². The fourth-order valence-corrected chi connectivity index (χ4v) is 2.26. The molecular weight excluding hydrogens is 436 g/mol. The van der Waals surface area contributed by atoms with Crippen LogP contribution in [0.4, 0.5) is 0 Å². The van der Waals surface area contributed by atoms with Gasteiger partial charge in [-0.3, -0.25) is 9.59 Å². The fraction of sp³-hybridized carbons (Fsp3) is 0.895. The number of hydrogen-bond donors (Lipinski definition) is 5. The molecule has 0 heterocycles. The summed E-state index contributed by atoms with van der Waals surface area (Å²) in [5, 5.41) is 41.7. The topological polar surface area (TPSA) is 188 Å². The quantitative estimate of drug-likeness (QED) is 0.212. The van der Waals surface area contributed by atoms with Crippen LogP contribution in [0, 0.1) is 5.41 Å². The minimum absolute atomic E-state index is 0.0135. The minimum Gasteiger partial charge on any atom is -0.481 e. The Morgan fingerprint density at radius 3 is 1.52 bits per heavy atom. The number of rotatable bonds is 15. The smallest absolute Gasteiger partial charge is 0.451 e. The van der Waals surface area contributed by atoms with Gasteiger partial charge in [-0.15, -0.1) is 0 Å². The van der Waals surface area contributed by atoms with Crippen LogP contribution in [0.25, 0.3) is 0 Å². The highest BCUT2D eigenvalue weighted by molar-refractivity contribution is 7.82. The second-order valence-corrected chi connectivity index (χ2v) is 7.91. The van der Waals surface area contributed by atoms with E-state index in [1.165, 1.54) is 19.8 Å². The molecule has 5 N–H and O–H groups in total. The Morgan fingerprint density at radius 1 is 0.774 bits per heavy atom. The van der Waals surface area contributed by atoms with Gasteiger partial charge in [0.15, 0.2) is 0 Å². The van der Waals surface area contributed by atoms with Gasteiger partial charge in [0.2, 0.25) is 0 Å². The van der Waals surface area contributed by atoms with Gasteiger partial charge in [0.05, 0.1) is 38.4 Å². The first-order valence-corrected chi connectivity index (χ1v) is 11.6. The van der Waals surface area contributed by atoms with Crippen molar-refractivity contribution in [1.82, 2.24) is 0 Å². The van der Waals surface area contributed by atoms with Crippen molar-refractivity contribution >= 4 is 22.3 Å². The largest absolute Gasteiger partial charge is 0.481 e. The average Bonchev–Trinajstić information content (AvgIpc) is 2.75. The van der Waals surface area contributed by atoms with E-state index < -0.39 is 54.2 Å². The molecule has 0 aliphatic carbocycles. The van der Waals surface area contributed by atoms with E-state index in [0.29, 0.717) is 6.42 Å². The summed E-state index contributed by atoms with van der Waals surface area (Å²) in [6.45, 7) is 3.71. The van der Waals surface area contributed by atoms with Gasteiger partial charge in [0.25, 0.3) is 0 Å². The molecule has 0 atom stereocenters. The Balaban J connectivity index is -0.000000465. The molecule has 11 nitrogen and oxygen atoms in total. The molecular formula is C19H40O11S. The molecule has 0 saturated carbocycles. The Kier molecular flexibility index (Phi) is 24.2. The molecule has 0 radical (unpaired) electrons. The van der Waals surface area contributed by atoms with E-state index in [1.807, 2.05) is 0 Å². The summed E-state index contributed by atoms with van der Waals surface area (Å²) in [6, 6.07) is 0. The van der Waals surface area contributed by atoms with Crippen LogP contribution in [0.15, 0.2) is 0 Å². The van der Waals surface area contributed by atoms with Crippen molar-refractivity contribution < 1.29 is 51.9 Å². The number of hydrogen-bond acceptors (Lipinski definition) is 10. The summed E-state index contributed by atoms with van der Waals surface area (Å²) >= 11 is 0. The van der Waals surface area contributed by atoms with E-state index in [2.05, 4.69) is 15.3 Å². The van der Waals surface area contributed by atoms with E-state index >= 15 is 0 Å². The van der Waals surface area contributed by atoms with Crippen LogP contribution < -0.4 is 0 Å². The lowest BCUT2D eigenvalue weighted by atomic mass is 9.93. The van der Waals surface area contributed by atoms with Crippen molar-refractivity contribution in [3.8, 4) is 0 Å². The molecule has 0 unspecified atom stereocenters. The third-order valence-corrected chi connectivity index (χ3v) is 4.70. The van der Waals surface area contributed by atoms with Crippen molar-refractivity contribution in [1.29, 1.82) is 0 Å². The monoisotopic (exact) mass is 476 g/mol. The standard InChI is InChI=1S/C11H22O5S.C5H12O4.C3H6O2/c1-3-5-6-7-8-9-10-15-17(13,14)16-11(12)4-2;6-1-5(2-7,3-8)4-9;1-2-3(4)5/h3-10H2,1-2H3;6-9H,1-4H2;2H2,1H3,(H,4,5). The first-order valence-electron chi connectivity index (χ1n) is 10.3. The molecule has 31 heavy (non-hydrogen) atoms. The maximum Gasteiger partial charge on any atom is 0.451 e. The second-order valence-electron chi connectivity index (χ2n) is 6.69. The maximum atomic E-state index is 11.1. The van der Waals surface area contributed by atoms with Crippen LogP contribution in [0.1, 0.15) is 72.1 Å². The molecule has 0 spiro atoms. The van der Waals surface area contributed by atoms with Crippen LogP contribution >= 0.6 is 0 Å². The van der Waals surface area contributed by atoms with Gasteiger partial charge >= 0.3 is 22.3 Å². The van der Waals surface area contributed by atoms with Crippen molar-refractivity contribution in [2.75, 3.05) is 33.0 Å². The number of carboxylic acids is 1. The van der Waals surface area contributed by atoms with E-state index in [-0.39, 0.29) is 19.4 Å². The number of aliphatic hydroxyl groups is 4.